The van der Waals surface area contributed by atoms with Crippen LogP contribution in [0.4, 0.5) is 8.78 Å². The van der Waals surface area contributed by atoms with E-state index in [1.807, 2.05) is 0 Å². The van der Waals surface area contributed by atoms with E-state index in [0.717, 1.165) is 5.92 Å². The summed E-state index contributed by atoms with van der Waals surface area (Å²) in [4.78, 5) is 0. The number of hydrogen-bond donors (Lipinski definition) is 0. The Hall–Kier alpha value is -0.180. The van der Waals surface area contributed by atoms with Crippen LogP contribution in [0.15, 0.2) is 0 Å². The lowest BCUT2D eigenvalue weighted by atomic mass is 10.2. The van der Waals surface area contributed by atoms with E-state index in [1.165, 1.54) is 0 Å². The smallest absolute Gasteiger partial charge is 0.322 e. The van der Waals surface area contributed by atoms with Gasteiger partial charge in [-0.3, -0.25) is 0 Å². The zero-order chi connectivity index (χ0) is 6.57. The SMILES string of the molecule is C[C](C)COC(F)F. The van der Waals surface area contributed by atoms with Crippen molar-refractivity contribution in [1.82, 2.24) is 0 Å². The summed E-state index contributed by atoms with van der Waals surface area (Å²) in [6.45, 7) is 0.896. The molecule has 0 heterocycles. The van der Waals surface area contributed by atoms with E-state index in [9.17, 15) is 8.78 Å². The van der Waals surface area contributed by atoms with Crippen LogP contribution < -0.4 is 0 Å². The first-order valence-corrected chi connectivity index (χ1v) is 2.31. The fraction of sp³-hybridized carbons (Fsp3) is 0.800. The molecule has 0 amide bonds. The van der Waals surface area contributed by atoms with E-state index in [4.69, 9.17) is 0 Å². The van der Waals surface area contributed by atoms with Crippen molar-refractivity contribution in [3.8, 4) is 0 Å². The second kappa shape index (κ2) is 3.78. The van der Waals surface area contributed by atoms with E-state index in [-0.39, 0.29) is 6.61 Å². The van der Waals surface area contributed by atoms with Crippen LogP contribution >= 0.6 is 0 Å². The van der Waals surface area contributed by atoms with Gasteiger partial charge >= 0.3 is 6.61 Å². The molecule has 0 saturated heterocycles. The van der Waals surface area contributed by atoms with Gasteiger partial charge in [-0.15, -0.1) is 0 Å². The fourth-order valence-electron chi connectivity index (χ4n) is 0.230. The lowest BCUT2D eigenvalue weighted by molar-refractivity contribution is -0.124. The summed E-state index contributed by atoms with van der Waals surface area (Å²) in [5, 5.41) is 0. The van der Waals surface area contributed by atoms with E-state index in [0.29, 0.717) is 0 Å². The Balaban J connectivity index is 2.93. The highest BCUT2D eigenvalue weighted by Gasteiger charge is 2.01. The van der Waals surface area contributed by atoms with Gasteiger partial charge in [-0.05, 0) is 5.92 Å². The fourth-order valence-corrected chi connectivity index (χ4v) is 0.230. The molecule has 0 N–H and O–H groups in total. The van der Waals surface area contributed by atoms with Crippen LogP contribution in [0, 0.1) is 5.92 Å². The van der Waals surface area contributed by atoms with Gasteiger partial charge in [-0.25, -0.2) is 0 Å². The summed E-state index contributed by atoms with van der Waals surface area (Å²) < 4.78 is 26.3. The molecule has 0 aliphatic carbocycles. The maximum atomic E-state index is 11.2. The number of rotatable bonds is 3. The van der Waals surface area contributed by atoms with E-state index in [1.54, 1.807) is 13.8 Å². The van der Waals surface area contributed by atoms with Crippen molar-refractivity contribution in [2.24, 2.45) is 0 Å². The van der Waals surface area contributed by atoms with Crippen molar-refractivity contribution in [1.29, 1.82) is 0 Å². The molecule has 0 aliphatic heterocycles. The molecule has 0 rings (SSSR count). The molecule has 1 radical (unpaired) electrons. The second-order valence-corrected chi connectivity index (χ2v) is 1.78. The van der Waals surface area contributed by atoms with Crippen LogP contribution in [-0.4, -0.2) is 13.2 Å². The highest BCUT2D eigenvalue weighted by molar-refractivity contribution is 4.74. The average molecular weight is 123 g/mol. The monoisotopic (exact) mass is 123 g/mol. The maximum absolute atomic E-state index is 11.2. The lowest BCUT2D eigenvalue weighted by Gasteiger charge is -2.02. The Morgan fingerprint density at radius 1 is 1.50 bits per heavy atom. The van der Waals surface area contributed by atoms with Crippen molar-refractivity contribution in [2.45, 2.75) is 20.5 Å². The largest absolute Gasteiger partial charge is 0.345 e. The summed E-state index contributed by atoms with van der Waals surface area (Å²) in [6, 6.07) is 0. The molecule has 49 valence electrons. The van der Waals surface area contributed by atoms with Crippen LogP contribution in [0.3, 0.4) is 0 Å². The van der Waals surface area contributed by atoms with Gasteiger partial charge in [0.15, 0.2) is 0 Å². The molecule has 0 aliphatic rings. The Morgan fingerprint density at radius 2 is 2.00 bits per heavy atom. The molecule has 0 saturated carbocycles. The molecular formula is C5H9F2O. The lowest BCUT2D eigenvalue weighted by Crippen LogP contribution is -2.04. The van der Waals surface area contributed by atoms with E-state index < -0.39 is 6.61 Å². The zero-order valence-corrected chi connectivity index (χ0v) is 4.95. The number of hydrogen-bond acceptors (Lipinski definition) is 1. The second-order valence-electron chi connectivity index (χ2n) is 1.78. The third-order valence-electron chi connectivity index (χ3n) is 0.498. The Morgan fingerprint density at radius 3 is 2.12 bits per heavy atom. The van der Waals surface area contributed by atoms with Gasteiger partial charge in [0.2, 0.25) is 0 Å². The van der Waals surface area contributed by atoms with Gasteiger partial charge in [0, 0.05) is 0 Å². The van der Waals surface area contributed by atoms with Gasteiger partial charge in [0.1, 0.15) is 0 Å². The average Bonchev–Trinajstić information content (AvgIpc) is 1.61. The summed E-state index contributed by atoms with van der Waals surface area (Å²) >= 11 is 0. The van der Waals surface area contributed by atoms with Gasteiger partial charge in [-0.2, -0.15) is 8.78 Å². The molecule has 0 aromatic carbocycles. The predicted octanol–water partition coefficient (Wildman–Crippen LogP) is 1.84. The summed E-state index contributed by atoms with van der Waals surface area (Å²) in [6.07, 6.45) is 0. The quantitative estimate of drug-likeness (QED) is 0.556. The van der Waals surface area contributed by atoms with E-state index >= 15 is 0 Å². The maximum Gasteiger partial charge on any atom is 0.345 e. The highest BCUT2D eigenvalue weighted by Crippen LogP contribution is 2.00. The summed E-state index contributed by atoms with van der Waals surface area (Å²) in [5.74, 6) is 0.852. The van der Waals surface area contributed by atoms with Crippen LogP contribution in [0.1, 0.15) is 13.8 Å². The number of alkyl halides is 2. The van der Waals surface area contributed by atoms with Crippen LogP contribution in [0.5, 0.6) is 0 Å². The standard InChI is InChI=1S/C5H9F2O/c1-4(2)3-8-5(6)7/h5H,3H2,1-2H3. The van der Waals surface area contributed by atoms with Crippen molar-refractivity contribution in [2.75, 3.05) is 6.61 Å². The first-order chi connectivity index (χ1) is 3.63. The van der Waals surface area contributed by atoms with Crippen molar-refractivity contribution in [3.05, 3.63) is 5.92 Å². The first-order valence-electron chi connectivity index (χ1n) is 2.31. The minimum absolute atomic E-state index is 0.0532. The van der Waals surface area contributed by atoms with Crippen LogP contribution in [0.2, 0.25) is 0 Å². The molecular weight excluding hydrogens is 114 g/mol. The Kier molecular flexibility index (Phi) is 3.69. The van der Waals surface area contributed by atoms with Gasteiger partial charge in [0.25, 0.3) is 0 Å². The third-order valence-corrected chi connectivity index (χ3v) is 0.498. The molecule has 0 bridgehead atoms. The number of ether oxygens (including phenoxy) is 1. The minimum Gasteiger partial charge on any atom is -0.322 e. The molecule has 0 unspecified atom stereocenters. The molecule has 8 heavy (non-hydrogen) atoms. The molecule has 0 fully saturated rings. The Bertz CT molecular complexity index is 46.4. The molecule has 0 atom stereocenters. The van der Waals surface area contributed by atoms with Crippen LogP contribution in [0.25, 0.3) is 0 Å². The minimum atomic E-state index is -2.63. The molecule has 0 spiro atoms. The first kappa shape index (κ1) is 7.82. The molecule has 0 aromatic rings. The topological polar surface area (TPSA) is 9.23 Å². The van der Waals surface area contributed by atoms with Gasteiger partial charge in [-0.1, -0.05) is 13.8 Å². The van der Waals surface area contributed by atoms with Crippen molar-refractivity contribution >= 4 is 0 Å². The number of halogens is 2. The van der Waals surface area contributed by atoms with Gasteiger partial charge < -0.3 is 4.74 Å². The summed E-state index contributed by atoms with van der Waals surface area (Å²) in [5.41, 5.74) is 0. The normalized spacial score (nSPS) is 11.2. The zero-order valence-electron chi connectivity index (χ0n) is 4.95. The van der Waals surface area contributed by atoms with Crippen LogP contribution in [-0.2, 0) is 4.74 Å². The van der Waals surface area contributed by atoms with Crippen molar-refractivity contribution in [3.63, 3.8) is 0 Å². The van der Waals surface area contributed by atoms with Crippen molar-refractivity contribution < 1.29 is 13.5 Å². The third kappa shape index (κ3) is 5.82. The Labute approximate surface area is 47.6 Å². The van der Waals surface area contributed by atoms with E-state index in [2.05, 4.69) is 4.74 Å². The highest BCUT2D eigenvalue weighted by atomic mass is 19.3. The van der Waals surface area contributed by atoms with Gasteiger partial charge in [0.05, 0.1) is 6.61 Å². The molecule has 1 nitrogen and oxygen atoms in total. The molecule has 3 heteroatoms. The molecule has 0 aromatic heterocycles. The predicted molar refractivity (Wildman–Crippen MR) is 26.5 cm³/mol. The summed E-state index contributed by atoms with van der Waals surface area (Å²) in [7, 11) is 0.